The summed E-state index contributed by atoms with van der Waals surface area (Å²) in [7, 11) is 1.99. The van der Waals surface area contributed by atoms with Gasteiger partial charge < -0.3 is 9.84 Å². The van der Waals surface area contributed by atoms with E-state index in [1.807, 2.05) is 56.6 Å². The Hall–Kier alpha value is -1.91. The molecule has 0 bridgehead atoms. The van der Waals surface area contributed by atoms with Crippen molar-refractivity contribution in [1.29, 1.82) is 0 Å². The van der Waals surface area contributed by atoms with Crippen molar-refractivity contribution in [1.82, 2.24) is 9.88 Å². The van der Waals surface area contributed by atoms with Crippen molar-refractivity contribution in [2.24, 2.45) is 0 Å². The molecule has 1 unspecified atom stereocenters. The van der Waals surface area contributed by atoms with Crippen molar-refractivity contribution in [3.8, 4) is 5.75 Å². The highest BCUT2D eigenvalue weighted by molar-refractivity contribution is 5.28. The van der Waals surface area contributed by atoms with Crippen molar-refractivity contribution in [2.75, 3.05) is 20.2 Å². The lowest BCUT2D eigenvalue weighted by Gasteiger charge is -2.21. The van der Waals surface area contributed by atoms with E-state index < -0.39 is 6.10 Å². The van der Waals surface area contributed by atoms with E-state index in [0.29, 0.717) is 13.2 Å². The molecule has 0 amide bonds. The van der Waals surface area contributed by atoms with E-state index in [9.17, 15) is 5.11 Å². The van der Waals surface area contributed by atoms with Gasteiger partial charge in [0.25, 0.3) is 0 Å². The summed E-state index contributed by atoms with van der Waals surface area (Å²) in [6.45, 7) is 3.94. The predicted octanol–water partition coefficient (Wildman–Crippen LogP) is 2.65. The predicted molar refractivity (Wildman–Crippen MR) is 83.1 cm³/mol. The van der Waals surface area contributed by atoms with E-state index in [4.69, 9.17) is 4.74 Å². The minimum Gasteiger partial charge on any atom is -0.494 e. The molecule has 2 rings (SSSR count). The Morgan fingerprint density at radius 2 is 2.00 bits per heavy atom. The maximum Gasteiger partial charge on any atom is 0.119 e. The van der Waals surface area contributed by atoms with E-state index in [0.717, 1.165) is 23.4 Å². The average Bonchev–Trinajstić information content (AvgIpc) is 2.49. The first-order valence-corrected chi connectivity index (χ1v) is 7.17. The third kappa shape index (κ3) is 4.85. The van der Waals surface area contributed by atoms with Crippen LogP contribution in [0.5, 0.6) is 5.75 Å². The largest absolute Gasteiger partial charge is 0.494 e. The second-order valence-corrected chi connectivity index (χ2v) is 5.08. The number of likely N-dealkylation sites (N-methyl/N-ethyl adjacent to an activating group) is 1. The number of aromatic nitrogens is 1. The topological polar surface area (TPSA) is 45.6 Å². The highest BCUT2D eigenvalue weighted by Gasteiger charge is 2.11. The fraction of sp³-hybridized carbons (Fsp3) is 0.353. The van der Waals surface area contributed by atoms with Crippen molar-refractivity contribution in [3.05, 3.63) is 59.9 Å². The summed E-state index contributed by atoms with van der Waals surface area (Å²) in [5.74, 6) is 0.831. The van der Waals surface area contributed by atoms with Gasteiger partial charge in [0.2, 0.25) is 0 Å². The summed E-state index contributed by atoms with van der Waals surface area (Å²) in [4.78, 5) is 6.18. The molecule has 0 aliphatic carbocycles. The lowest BCUT2D eigenvalue weighted by Crippen LogP contribution is -2.24. The first-order valence-electron chi connectivity index (χ1n) is 7.17. The number of aliphatic hydroxyl groups is 1. The van der Waals surface area contributed by atoms with Gasteiger partial charge in [-0.3, -0.25) is 9.88 Å². The molecule has 2 aromatic rings. The maximum atomic E-state index is 10.3. The Morgan fingerprint density at radius 1 is 1.24 bits per heavy atom. The third-order valence-electron chi connectivity index (χ3n) is 3.24. The van der Waals surface area contributed by atoms with Gasteiger partial charge in [0, 0.05) is 25.5 Å². The Balaban J connectivity index is 1.89. The third-order valence-corrected chi connectivity index (χ3v) is 3.24. The van der Waals surface area contributed by atoms with Crippen LogP contribution in [0.4, 0.5) is 0 Å². The number of ether oxygens (including phenoxy) is 1. The molecular weight excluding hydrogens is 264 g/mol. The summed E-state index contributed by atoms with van der Waals surface area (Å²) in [5, 5.41) is 10.3. The van der Waals surface area contributed by atoms with Crippen LogP contribution in [0.2, 0.25) is 0 Å². The molecule has 4 nitrogen and oxygen atoms in total. The van der Waals surface area contributed by atoms with Gasteiger partial charge in [-0.05, 0) is 43.3 Å². The molecule has 112 valence electrons. The van der Waals surface area contributed by atoms with Crippen LogP contribution in [0.25, 0.3) is 0 Å². The smallest absolute Gasteiger partial charge is 0.119 e. The average molecular weight is 286 g/mol. The minimum absolute atomic E-state index is 0.512. The summed E-state index contributed by atoms with van der Waals surface area (Å²) in [6, 6.07) is 11.6. The zero-order valence-corrected chi connectivity index (χ0v) is 12.6. The Labute approximate surface area is 126 Å². The molecule has 4 heteroatoms. The Kier molecular flexibility index (Phi) is 5.72. The summed E-state index contributed by atoms with van der Waals surface area (Å²) in [5.41, 5.74) is 2.04. The number of benzene rings is 1. The highest BCUT2D eigenvalue weighted by atomic mass is 16.5. The van der Waals surface area contributed by atoms with Gasteiger partial charge in [-0.1, -0.05) is 18.2 Å². The number of pyridine rings is 1. The second kappa shape index (κ2) is 7.76. The van der Waals surface area contributed by atoms with Gasteiger partial charge >= 0.3 is 0 Å². The van der Waals surface area contributed by atoms with Gasteiger partial charge in [-0.25, -0.2) is 0 Å². The van der Waals surface area contributed by atoms with Crippen molar-refractivity contribution >= 4 is 0 Å². The van der Waals surface area contributed by atoms with Crippen LogP contribution in [-0.4, -0.2) is 35.2 Å². The van der Waals surface area contributed by atoms with E-state index in [1.54, 1.807) is 6.20 Å². The summed E-state index contributed by atoms with van der Waals surface area (Å²) < 4.78 is 5.40. The van der Waals surface area contributed by atoms with Crippen molar-refractivity contribution in [3.63, 3.8) is 0 Å². The van der Waals surface area contributed by atoms with E-state index >= 15 is 0 Å². The zero-order valence-electron chi connectivity index (χ0n) is 12.6. The van der Waals surface area contributed by atoms with Crippen LogP contribution in [0.15, 0.2) is 48.8 Å². The Bertz CT molecular complexity index is 528. The van der Waals surface area contributed by atoms with E-state index in [-0.39, 0.29) is 0 Å². The molecule has 1 aromatic heterocycles. The number of aliphatic hydroxyl groups excluding tert-OH is 1. The van der Waals surface area contributed by atoms with Gasteiger partial charge in [0.15, 0.2) is 0 Å². The number of hydrogen-bond acceptors (Lipinski definition) is 4. The van der Waals surface area contributed by atoms with Gasteiger partial charge in [-0.2, -0.15) is 0 Å². The summed E-state index contributed by atoms with van der Waals surface area (Å²) in [6.07, 6.45) is 3.10. The van der Waals surface area contributed by atoms with Gasteiger partial charge in [-0.15, -0.1) is 0 Å². The molecule has 0 aliphatic heterocycles. The summed E-state index contributed by atoms with van der Waals surface area (Å²) >= 11 is 0. The van der Waals surface area contributed by atoms with Gasteiger partial charge in [0.05, 0.1) is 12.7 Å². The molecule has 0 saturated heterocycles. The van der Waals surface area contributed by atoms with Crippen LogP contribution in [-0.2, 0) is 6.54 Å². The molecule has 0 spiro atoms. The number of nitrogens with zero attached hydrogens (tertiary/aromatic N) is 2. The quantitative estimate of drug-likeness (QED) is 0.850. The Morgan fingerprint density at radius 3 is 2.62 bits per heavy atom. The number of rotatable bonds is 7. The van der Waals surface area contributed by atoms with Crippen molar-refractivity contribution < 1.29 is 9.84 Å². The molecule has 0 fully saturated rings. The van der Waals surface area contributed by atoms with Crippen LogP contribution < -0.4 is 4.74 Å². The van der Waals surface area contributed by atoms with E-state index in [1.165, 1.54) is 0 Å². The molecule has 1 aromatic carbocycles. The monoisotopic (exact) mass is 286 g/mol. The molecular formula is C17H22N2O2. The molecule has 21 heavy (non-hydrogen) atoms. The zero-order chi connectivity index (χ0) is 15.1. The lowest BCUT2D eigenvalue weighted by molar-refractivity contribution is 0.123. The first kappa shape index (κ1) is 15.5. The van der Waals surface area contributed by atoms with E-state index in [2.05, 4.69) is 9.88 Å². The maximum absolute atomic E-state index is 10.3. The van der Waals surface area contributed by atoms with Crippen LogP contribution in [0.1, 0.15) is 24.2 Å². The van der Waals surface area contributed by atoms with Crippen LogP contribution in [0, 0.1) is 0 Å². The second-order valence-electron chi connectivity index (χ2n) is 5.08. The molecule has 0 aliphatic rings. The molecule has 1 atom stereocenters. The molecule has 0 radical (unpaired) electrons. The highest BCUT2D eigenvalue weighted by Crippen LogP contribution is 2.19. The fourth-order valence-electron chi connectivity index (χ4n) is 2.22. The number of hydrogen-bond donors (Lipinski definition) is 1. The van der Waals surface area contributed by atoms with Crippen molar-refractivity contribution in [2.45, 2.75) is 19.6 Å². The molecule has 0 saturated carbocycles. The minimum atomic E-state index is -0.512. The van der Waals surface area contributed by atoms with Crippen LogP contribution in [0.3, 0.4) is 0 Å². The molecule has 1 N–H and O–H groups in total. The SMILES string of the molecule is CCOc1ccc(C(O)CN(C)Cc2cccnc2)cc1. The standard InChI is InChI=1S/C17H22N2O2/c1-3-21-16-8-6-15(7-9-16)17(20)13-19(2)12-14-5-4-10-18-11-14/h4-11,17,20H,3,12-13H2,1-2H3. The first-order chi connectivity index (χ1) is 10.2. The normalized spacial score (nSPS) is 12.4. The van der Waals surface area contributed by atoms with Gasteiger partial charge in [0.1, 0.15) is 5.75 Å². The van der Waals surface area contributed by atoms with Crippen LogP contribution >= 0.6 is 0 Å². The molecule has 1 heterocycles. The fourth-order valence-corrected chi connectivity index (χ4v) is 2.22. The lowest BCUT2D eigenvalue weighted by atomic mass is 10.1.